The van der Waals surface area contributed by atoms with Gasteiger partial charge in [0.05, 0.1) is 20.3 Å². The van der Waals surface area contributed by atoms with E-state index in [0.717, 1.165) is 36.4 Å². The van der Waals surface area contributed by atoms with E-state index in [-0.39, 0.29) is 11.9 Å². The summed E-state index contributed by atoms with van der Waals surface area (Å²) in [6.07, 6.45) is 3.23. The Morgan fingerprint density at radius 1 is 1.12 bits per heavy atom. The maximum Gasteiger partial charge on any atom is 0.223 e. The van der Waals surface area contributed by atoms with Crippen molar-refractivity contribution in [2.24, 2.45) is 0 Å². The molecule has 0 aliphatic carbocycles. The zero-order valence-electron chi connectivity index (χ0n) is 15.8. The molecule has 2 aromatic rings. The number of methoxy groups -OCH3 is 2. The number of rotatable bonds is 6. The second kappa shape index (κ2) is 8.26. The second-order valence-electron chi connectivity index (χ2n) is 6.83. The van der Waals surface area contributed by atoms with Gasteiger partial charge < -0.3 is 14.4 Å². The fraction of sp³-hybridized carbons (Fsp3) is 0.409. The molecule has 2 aromatic carbocycles. The number of likely N-dealkylation sites (tertiary alicyclic amines) is 1. The first kappa shape index (κ1) is 18.3. The Morgan fingerprint density at radius 2 is 1.88 bits per heavy atom. The number of nitrogens with zero attached hydrogens (tertiary/aromatic N) is 1. The van der Waals surface area contributed by atoms with Gasteiger partial charge in [-0.3, -0.25) is 4.79 Å². The topological polar surface area (TPSA) is 38.8 Å². The van der Waals surface area contributed by atoms with Gasteiger partial charge in [0.25, 0.3) is 0 Å². The van der Waals surface area contributed by atoms with Crippen LogP contribution in [-0.2, 0) is 11.2 Å². The Bertz CT molecular complexity index is 754. The minimum absolute atomic E-state index is 0.204. The molecular weight excluding hydrogens is 326 g/mol. The molecule has 4 nitrogen and oxygen atoms in total. The first-order valence-corrected chi connectivity index (χ1v) is 9.19. The Labute approximate surface area is 155 Å². The molecule has 4 heteroatoms. The van der Waals surface area contributed by atoms with E-state index in [1.807, 2.05) is 23.1 Å². The molecule has 1 amide bonds. The molecule has 0 radical (unpaired) electrons. The lowest BCUT2D eigenvalue weighted by Gasteiger charge is -2.25. The predicted octanol–water partition coefficient (Wildman–Crippen LogP) is 4.31. The molecule has 3 rings (SSSR count). The average Bonchev–Trinajstić information content (AvgIpc) is 3.16. The number of ether oxygens (including phenoxy) is 2. The summed E-state index contributed by atoms with van der Waals surface area (Å²) in [4.78, 5) is 14.9. The molecule has 0 aromatic heterocycles. The Balaban J connectivity index is 1.68. The minimum Gasteiger partial charge on any atom is -0.497 e. The SMILES string of the molecule is COc1ccc(OC)c(CCC(=O)N2CCC[C@H]2c2ccc(C)cc2)c1. The van der Waals surface area contributed by atoms with E-state index in [9.17, 15) is 4.79 Å². The number of benzene rings is 2. The number of aryl methyl sites for hydroxylation is 2. The molecule has 0 unspecified atom stereocenters. The van der Waals surface area contributed by atoms with Crippen LogP contribution >= 0.6 is 0 Å². The number of hydrogen-bond acceptors (Lipinski definition) is 3. The van der Waals surface area contributed by atoms with Gasteiger partial charge in [0.1, 0.15) is 11.5 Å². The van der Waals surface area contributed by atoms with Crippen LogP contribution in [0.5, 0.6) is 11.5 Å². The molecule has 1 atom stereocenters. The lowest BCUT2D eigenvalue weighted by atomic mass is 10.0. The molecule has 138 valence electrons. The van der Waals surface area contributed by atoms with Crippen LogP contribution < -0.4 is 9.47 Å². The molecule has 0 bridgehead atoms. The molecule has 0 saturated carbocycles. The molecule has 1 heterocycles. The van der Waals surface area contributed by atoms with Gasteiger partial charge in [0.2, 0.25) is 5.91 Å². The van der Waals surface area contributed by atoms with Crippen molar-refractivity contribution in [2.45, 2.75) is 38.6 Å². The third kappa shape index (κ3) is 4.01. The highest BCUT2D eigenvalue weighted by atomic mass is 16.5. The molecule has 1 aliphatic rings. The van der Waals surface area contributed by atoms with Gasteiger partial charge in [-0.25, -0.2) is 0 Å². The maximum absolute atomic E-state index is 12.9. The van der Waals surface area contributed by atoms with Gasteiger partial charge >= 0.3 is 0 Å². The van der Waals surface area contributed by atoms with Crippen molar-refractivity contribution in [3.63, 3.8) is 0 Å². The van der Waals surface area contributed by atoms with E-state index in [1.165, 1.54) is 11.1 Å². The normalized spacial score (nSPS) is 16.6. The summed E-state index contributed by atoms with van der Waals surface area (Å²) in [6.45, 7) is 2.93. The third-order valence-electron chi connectivity index (χ3n) is 5.13. The van der Waals surface area contributed by atoms with Crippen molar-refractivity contribution in [1.29, 1.82) is 0 Å². The lowest BCUT2D eigenvalue weighted by molar-refractivity contribution is -0.132. The van der Waals surface area contributed by atoms with E-state index in [4.69, 9.17) is 9.47 Å². The van der Waals surface area contributed by atoms with Gasteiger partial charge in [-0.15, -0.1) is 0 Å². The van der Waals surface area contributed by atoms with E-state index in [0.29, 0.717) is 12.8 Å². The maximum atomic E-state index is 12.9. The van der Waals surface area contributed by atoms with Gasteiger partial charge in [0.15, 0.2) is 0 Å². The van der Waals surface area contributed by atoms with Crippen LogP contribution in [0.1, 0.15) is 42.0 Å². The number of carbonyl (C=O) groups is 1. The first-order valence-electron chi connectivity index (χ1n) is 9.19. The summed E-state index contributed by atoms with van der Waals surface area (Å²) in [7, 11) is 3.30. The third-order valence-corrected chi connectivity index (χ3v) is 5.13. The van der Waals surface area contributed by atoms with E-state index in [1.54, 1.807) is 14.2 Å². The van der Waals surface area contributed by atoms with Crippen molar-refractivity contribution in [2.75, 3.05) is 20.8 Å². The zero-order chi connectivity index (χ0) is 18.5. The van der Waals surface area contributed by atoms with E-state index >= 15 is 0 Å². The van der Waals surface area contributed by atoms with E-state index in [2.05, 4.69) is 31.2 Å². The van der Waals surface area contributed by atoms with E-state index < -0.39 is 0 Å². The van der Waals surface area contributed by atoms with Crippen molar-refractivity contribution < 1.29 is 14.3 Å². The fourth-order valence-corrected chi connectivity index (χ4v) is 3.66. The fourth-order valence-electron chi connectivity index (χ4n) is 3.66. The van der Waals surface area contributed by atoms with Gasteiger partial charge in [0, 0.05) is 13.0 Å². The second-order valence-corrected chi connectivity index (χ2v) is 6.83. The molecular formula is C22H27NO3. The van der Waals surface area contributed by atoms with Crippen LogP contribution in [0.25, 0.3) is 0 Å². The van der Waals surface area contributed by atoms with Crippen molar-refractivity contribution in [3.8, 4) is 11.5 Å². The molecule has 1 aliphatic heterocycles. The summed E-state index contributed by atoms with van der Waals surface area (Å²) >= 11 is 0. The van der Waals surface area contributed by atoms with Crippen LogP contribution in [-0.4, -0.2) is 31.6 Å². The molecule has 0 N–H and O–H groups in total. The predicted molar refractivity (Wildman–Crippen MR) is 103 cm³/mol. The summed E-state index contributed by atoms with van der Waals surface area (Å²) in [5.74, 6) is 1.79. The van der Waals surface area contributed by atoms with Crippen LogP contribution in [0.2, 0.25) is 0 Å². The number of hydrogen-bond donors (Lipinski definition) is 0. The van der Waals surface area contributed by atoms with Crippen LogP contribution in [0, 0.1) is 6.92 Å². The van der Waals surface area contributed by atoms with Crippen molar-refractivity contribution in [3.05, 3.63) is 59.2 Å². The first-order chi connectivity index (χ1) is 12.6. The van der Waals surface area contributed by atoms with Crippen LogP contribution in [0.4, 0.5) is 0 Å². The highest BCUT2D eigenvalue weighted by Gasteiger charge is 2.29. The molecule has 0 spiro atoms. The molecule has 26 heavy (non-hydrogen) atoms. The van der Waals surface area contributed by atoms with Crippen LogP contribution in [0.3, 0.4) is 0 Å². The van der Waals surface area contributed by atoms with Crippen LogP contribution in [0.15, 0.2) is 42.5 Å². The van der Waals surface area contributed by atoms with Gasteiger partial charge in [-0.2, -0.15) is 0 Å². The lowest BCUT2D eigenvalue weighted by Crippen LogP contribution is -2.30. The monoisotopic (exact) mass is 353 g/mol. The van der Waals surface area contributed by atoms with Crippen molar-refractivity contribution in [1.82, 2.24) is 4.90 Å². The summed E-state index contributed by atoms with van der Waals surface area (Å²) in [5, 5.41) is 0. The number of amides is 1. The quantitative estimate of drug-likeness (QED) is 0.777. The zero-order valence-corrected chi connectivity index (χ0v) is 15.8. The van der Waals surface area contributed by atoms with Crippen molar-refractivity contribution >= 4 is 5.91 Å². The smallest absolute Gasteiger partial charge is 0.223 e. The largest absolute Gasteiger partial charge is 0.497 e. The standard InChI is InChI=1S/C22H27NO3/c1-16-6-8-17(9-7-16)20-5-4-14-23(20)22(24)13-10-18-15-19(25-2)11-12-21(18)26-3/h6-9,11-12,15,20H,4-5,10,13-14H2,1-3H3/t20-/m0/s1. The molecule has 1 fully saturated rings. The minimum atomic E-state index is 0.204. The molecule has 1 saturated heterocycles. The Hall–Kier alpha value is -2.49. The van der Waals surface area contributed by atoms with Gasteiger partial charge in [-0.1, -0.05) is 29.8 Å². The highest BCUT2D eigenvalue weighted by molar-refractivity contribution is 5.77. The summed E-state index contributed by atoms with van der Waals surface area (Å²) < 4.78 is 10.7. The highest BCUT2D eigenvalue weighted by Crippen LogP contribution is 2.33. The Morgan fingerprint density at radius 3 is 2.58 bits per heavy atom. The number of carbonyl (C=O) groups excluding carboxylic acids is 1. The summed E-state index contributed by atoms with van der Waals surface area (Å²) in [5.41, 5.74) is 3.49. The Kier molecular flexibility index (Phi) is 5.82. The summed E-state index contributed by atoms with van der Waals surface area (Å²) in [6, 6.07) is 14.5. The van der Waals surface area contributed by atoms with Gasteiger partial charge in [-0.05, 0) is 55.5 Å². The average molecular weight is 353 g/mol.